The van der Waals surface area contributed by atoms with E-state index in [4.69, 9.17) is 0 Å². The van der Waals surface area contributed by atoms with Crippen LogP contribution in [0.25, 0.3) is 5.69 Å². The number of piperidine rings is 1. The van der Waals surface area contributed by atoms with Crippen molar-refractivity contribution in [3.8, 4) is 5.69 Å². The molecule has 0 saturated carbocycles. The van der Waals surface area contributed by atoms with Crippen LogP contribution in [0.15, 0.2) is 35.6 Å². The van der Waals surface area contributed by atoms with E-state index in [1.807, 2.05) is 13.0 Å². The third-order valence-corrected chi connectivity index (χ3v) is 5.46. The van der Waals surface area contributed by atoms with Crippen molar-refractivity contribution in [1.29, 1.82) is 0 Å². The van der Waals surface area contributed by atoms with Crippen molar-refractivity contribution in [3.63, 3.8) is 0 Å². The van der Waals surface area contributed by atoms with Gasteiger partial charge in [-0.15, -0.1) is 0 Å². The quantitative estimate of drug-likeness (QED) is 0.577. The highest BCUT2D eigenvalue weighted by atomic mass is 19.1. The number of hydrogen-bond acceptors (Lipinski definition) is 3. The zero-order valence-corrected chi connectivity index (χ0v) is 18.0. The molecule has 1 aromatic carbocycles. The van der Waals surface area contributed by atoms with E-state index in [1.165, 1.54) is 0 Å². The molecule has 158 valence electrons. The molecule has 1 aromatic heterocycles. The van der Waals surface area contributed by atoms with Crippen molar-refractivity contribution in [2.24, 2.45) is 4.99 Å². The number of aliphatic imine (C=N–C) groups is 1. The van der Waals surface area contributed by atoms with Crippen LogP contribution in [0.2, 0.25) is 0 Å². The van der Waals surface area contributed by atoms with Gasteiger partial charge in [0.25, 0.3) is 0 Å². The summed E-state index contributed by atoms with van der Waals surface area (Å²) in [7, 11) is 0. The van der Waals surface area contributed by atoms with Crippen LogP contribution in [-0.4, -0.2) is 52.1 Å². The number of likely N-dealkylation sites (tertiary alicyclic amines) is 1. The molecule has 0 aliphatic carbocycles. The second-order valence-corrected chi connectivity index (χ2v) is 7.87. The predicted octanol–water partition coefficient (Wildman–Crippen LogP) is 3.25. The number of rotatable bonds is 6. The maximum atomic E-state index is 14.6. The molecule has 2 aromatic rings. The van der Waals surface area contributed by atoms with Crippen LogP contribution in [0.4, 0.5) is 4.39 Å². The predicted molar refractivity (Wildman–Crippen MR) is 116 cm³/mol. The van der Waals surface area contributed by atoms with E-state index in [0.717, 1.165) is 49.8 Å². The van der Waals surface area contributed by atoms with Crippen LogP contribution < -0.4 is 10.6 Å². The summed E-state index contributed by atoms with van der Waals surface area (Å²) >= 11 is 0. The minimum Gasteiger partial charge on any atom is -0.357 e. The standard InChI is InChI=1S/C22H33FN6/c1-5-24-22(27-19-8-11-28(12-9-19)16(2)3)26-15-18-6-7-21(20(23)14-18)29-13-10-25-17(29)4/h6-7,10,13-14,16,19H,5,8-9,11-12,15H2,1-4H3,(H2,24,26,27). The van der Waals surface area contributed by atoms with E-state index in [2.05, 4.69) is 46.3 Å². The highest BCUT2D eigenvalue weighted by Crippen LogP contribution is 2.17. The molecule has 1 fully saturated rings. The fourth-order valence-corrected chi connectivity index (χ4v) is 3.72. The number of halogens is 1. The van der Waals surface area contributed by atoms with Gasteiger partial charge in [0, 0.05) is 44.1 Å². The number of hydrogen-bond donors (Lipinski definition) is 2. The Balaban J connectivity index is 1.63. The molecule has 0 atom stereocenters. The van der Waals surface area contributed by atoms with Crippen molar-refractivity contribution in [2.45, 2.75) is 59.2 Å². The van der Waals surface area contributed by atoms with E-state index in [0.29, 0.717) is 24.3 Å². The lowest BCUT2D eigenvalue weighted by Crippen LogP contribution is -2.49. The van der Waals surface area contributed by atoms with Crippen molar-refractivity contribution in [1.82, 2.24) is 25.1 Å². The number of aryl methyl sites for hydroxylation is 1. The lowest BCUT2D eigenvalue weighted by atomic mass is 10.0. The van der Waals surface area contributed by atoms with E-state index in [1.54, 1.807) is 29.1 Å². The summed E-state index contributed by atoms with van der Waals surface area (Å²) in [6.45, 7) is 11.8. The highest BCUT2D eigenvalue weighted by Gasteiger charge is 2.21. The Bertz CT molecular complexity index is 820. The van der Waals surface area contributed by atoms with Crippen molar-refractivity contribution < 1.29 is 4.39 Å². The molecule has 6 nitrogen and oxygen atoms in total. The largest absolute Gasteiger partial charge is 0.357 e. The summed E-state index contributed by atoms with van der Waals surface area (Å²) in [4.78, 5) is 11.3. The molecule has 3 rings (SSSR count). The van der Waals surface area contributed by atoms with Crippen LogP contribution in [0.1, 0.15) is 45.0 Å². The summed E-state index contributed by atoms with van der Waals surface area (Å²) in [5.74, 6) is 1.29. The van der Waals surface area contributed by atoms with E-state index < -0.39 is 0 Å². The molecule has 0 bridgehead atoms. The lowest BCUT2D eigenvalue weighted by Gasteiger charge is -2.35. The van der Waals surface area contributed by atoms with Crippen LogP contribution >= 0.6 is 0 Å². The molecule has 2 N–H and O–H groups in total. The first-order valence-corrected chi connectivity index (χ1v) is 10.6. The van der Waals surface area contributed by atoms with Crippen LogP contribution in [-0.2, 0) is 6.54 Å². The SMILES string of the molecule is CCNC(=NCc1ccc(-n2ccnc2C)c(F)c1)NC1CCN(C(C)C)CC1. The molecule has 1 aliphatic heterocycles. The Hall–Kier alpha value is -2.41. The van der Waals surface area contributed by atoms with Gasteiger partial charge in [-0.05, 0) is 58.2 Å². The highest BCUT2D eigenvalue weighted by molar-refractivity contribution is 5.80. The van der Waals surface area contributed by atoms with E-state index in [9.17, 15) is 4.39 Å². The summed E-state index contributed by atoms with van der Waals surface area (Å²) in [5, 5.41) is 6.86. The molecule has 0 radical (unpaired) electrons. The Labute approximate surface area is 173 Å². The Morgan fingerprint density at radius 3 is 2.66 bits per heavy atom. The summed E-state index contributed by atoms with van der Waals surface area (Å²) < 4.78 is 16.4. The molecule has 1 saturated heterocycles. The molecule has 0 spiro atoms. The van der Waals surface area contributed by atoms with Gasteiger partial charge in [-0.25, -0.2) is 14.4 Å². The zero-order chi connectivity index (χ0) is 20.8. The fourth-order valence-electron chi connectivity index (χ4n) is 3.72. The van der Waals surface area contributed by atoms with Gasteiger partial charge in [-0.1, -0.05) is 6.07 Å². The lowest BCUT2D eigenvalue weighted by molar-refractivity contribution is 0.167. The molecular weight excluding hydrogens is 367 g/mol. The average molecular weight is 401 g/mol. The van der Waals surface area contributed by atoms with Gasteiger partial charge in [0.2, 0.25) is 0 Å². The summed E-state index contributed by atoms with van der Waals surface area (Å²) in [5.41, 5.74) is 1.35. The zero-order valence-electron chi connectivity index (χ0n) is 18.0. The molecule has 7 heteroatoms. The van der Waals surface area contributed by atoms with Crippen LogP contribution in [0.5, 0.6) is 0 Å². The van der Waals surface area contributed by atoms with Gasteiger partial charge in [0.1, 0.15) is 11.6 Å². The second kappa shape index (κ2) is 9.87. The second-order valence-electron chi connectivity index (χ2n) is 7.87. The number of guanidine groups is 1. The van der Waals surface area contributed by atoms with Crippen molar-refractivity contribution in [3.05, 3.63) is 47.8 Å². The first-order chi connectivity index (χ1) is 14.0. The molecule has 0 amide bonds. The third-order valence-electron chi connectivity index (χ3n) is 5.46. The first-order valence-electron chi connectivity index (χ1n) is 10.6. The van der Waals surface area contributed by atoms with Gasteiger partial charge in [0.05, 0.1) is 12.2 Å². The minimum atomic E-state index is -0.266. The maximum Gasteiger partial charge on any atom is 0.191 e. The smallest absolute Gasteiger partial charge is 0.191 e. The van der Waals surface area contributed by atoms with Gasteiger partial charge >= 0.3 is 0 Å². The van der Waals surface area contributed by atoms with Crippen LogP contribution in [0, 0.1) is 12.7 Å². The monoisotopic (exact) mass is 400 g/mol. The molecule has 2 heterocycles. The number of imidazole rings is 1. The van der Waals surface area contributed by atoms with E-state index in [-0.39, 0.29) is 5.82 Å². The number of nitrogens with zero attached hydrogens (tertiary/aromatic N) is 4. The average Bonchev–Trinajstić information content (AvgIpc) is 3.12. The number of aromatic nitrogens is 2. The number of nitrogens with one attached hydrogen (secondary N) is 2. The molecular formula is C22H33FN6. The van der Waals surface area contributed by atoms with Gasteiger partial charge in [0.15, 0.2) is 5.96 Å². The summed E-state index contributed by atoms with van der Waals surface area (Å²) in [6.07, 6.45) is 5.66. The van der Waals surface area contributed by atoms with Crippen LogP contribution in [0.3, 0.4) is 0 Å². The van der Waals surface area contributed by atoms with E-state index >= 15 is 0 Å². The Morgan fingerprint density at radius 2 is 2.07 bits per heavy atom. The van der Waals surface area contributed by atoms with Gasteiger partial charge in [-0.3, -0.25) is 0 Å². The van der Waals surface area contributed by atoms with Crippen molar-refractivity contribution >= 4 is 5.96 Å². The van der Waals surface area contributed by atoms with Crippen molar-refractivity contribution in [2.75, 3.05) is 19.6 Å². The first kappa shape index (κ1) is 21.3. The normalized spacial score (nSPS) is 16.4. The maximum absolute atomic E-state index is 14.6. The van der Waals surface area contributed by atoms with Gasteiger partial charge in [-0.2, -0.15) is 0 Å². The minimum absolute atomic E-state index is 0.266. The fraction of sp³-hybridized carbons (Fsp3) is 0.545. The van der Waals surface area contributed by atoms with Gasteiger partial charge < -0.3 is 20.1 Å². The molecule has 29 heavy (non-hydrogen) atoms. The topological polar surface area (TPSA) is 57.5 Å². The third kappa shape index (κ3) is 5.56. The molecule has 1 aliphatic rings. The summed E-state index contributed by atoms with van der Waals surface area (Å²) in [6, 6.07) is 6.29. The molecule has 0 unspecified atom stereocenters. The Morgan fingerprint density at radius 1 is 1.31 bits per heavy atom. The number of benzene rings is 1. The Kier molecular flexibility index (Phi) is 7.25.